The highest BCUT2D eigenvalue weighted by Crippen LogP contribution is 2.35. The first-order chi connectivity index (χ1) is 23.8. The van der Waals surface area contributed by atoms with Crippen molar-refractivity contribution in [1.29, 1.82) is 0 Å². The summed E-state index contributed by atoms with van der Waals surface area (Å²) in [5.41, 5.74) is 7.84. The van der Waals surface area contributed by atoms with E-state index in [4.69, 9.17) is 19.9 Å². The first-order valence-electron chi connectivity index (χ1n) is 16.1. The number of nitrogens with one attached hydrogen (secondary N) is 2. The number of amides is 2. The van der Waals surface area contributed by atoms with Crippen LogP contribution in [0, 0.1) is 17.5 Å². The Bertz CT molecular complexity index is 1690. The molecule has 4 N–H and O–H groups in total. The molecule has 2 amide bonds. The van der Waals surface area contributed by atoms with E-state index in [0.29, 0.717) is 30.9 Å². The van der Waals surface area contributed by atoms with Crippen LogP contribution in [-0.2, 0) is 27.1 Å². The van der Waals surface area contributed by atoms with Gasteiger partial charge in [-0.05, 0) is 78.9 Å². The Morgan fingerprint density at radius 2 is 1.71 bits per heavy atom. The smallest absolute Gasteiger partial charge is 0.407 e. The lowest BCUT2D eigenvalue weighted by Gasteiger charge is -2.31. The van der Waals surface area contributed by atoms with Crippen molar-refractivity contribution in [2.45, 2.75) is 31.4 Å². The molecular formula is C37H39F3N4O5. The summed E-state index contributed by atoms with van der Waals surface area (Å²) in [6.07, 6.45) is 0.0380. The van der Waals surface area contributed by atoms with Crippen molar-refractivity contribution in [3.63, 3.8) is 0 Å². The summed E-state index contributed by atoms with van der Waals surface area (Å²) in [7, 11) is 0. The molecule has 0 bridgehead atoms. The molecule has 5 rings (SSSR count). The van der Waals surface area contributed by atoms with E-state index in [2.05, 4.69) is 10.6 Å². The van der Waals surface area contributed by atoms with E-state index in [1.54, 1.807) is 24.3 Å². The summed E-state index contributed by atoms with van der Waals surface area (Å²) in [5, 5.41) is 5.94. The average molecular weight is 677 g/mol. The third-order valence-electron chi connectivity index (χ3n) is 8.04. The van der Waals surface area contributed by atoms with Crippen molar-refractivity contribution in [2.75, 3.05) is 44.4 Å². The molecule has 1 saturated heterocycles. The van der Waals surface area contributed by atoms with E-state index < -0.39 is 36.0 Å². The predicted octanol–water partition coefficient (Wildman–Crippen LogP) is 5.41. The highest BCUT2D eigenvalue weighted by molar-refractivity contribution is 6.03. The van der Waals surface area contributed by atoms with Gasteiger partial charge in [-0.1, -0.05) is 42.5 Å². The number of rotatable bonds is 14. The molecule has 0 aliphatic carbocycles. The zero-order valence-electron chi connectivity index (χ0n) is 26.9. The van der Waals surface area contributed by atoms with Crippen LogP contribution >= 0.6 is 0 Å². The third-order valence-corrected chi connectivity index (χ3v) is 8.04. The Balaban J connectivity index is 1.18. The summed E-state index contributed by atoms with van der Waals surface area (Å²) in [4.78, 5) is 26.7. The van der Waals surface area contributed by atoms with Gasteiger partial charge in [-0.15, -0.1) is 0 Å². The van der Waals surface area contributed by atoms with Gasteiger partial charge in [-0.3, -0.25) is 9.69 Å². The Hall–Kier alpha value is -4.91. The average Bonchev–Trinajstić information content (AvgIpc) is 3.12. The Morgan fingerprint density at radius 3 is 2.45 bits per heavy atom. The van der Waals surface area contributed by atoms with Gasteiger partial charge in [0.2, 0.25) is 5.91 Å². The molecule has 1 aliphatic heterocycles. The fourth-order valence-corrected chi connectivity index (χ4v) is 5.54. The molecule has 0 saturated carbocycles. The van der Waals surface area contributed by atoms with Crippen LogP contribution in [0.15, 0.2) is 91.0 Å². The SMILES string of the molecule is NCC(=O)N(c1cc(F)ccc1Cc1ccc(F)cc1)c1cccc(F)c1CC[C@@H]1CN[C@H](COC(=O)NCCOc2ccccc2)CO1. The van der Waals surface area contributed by atoms with Gasteiger partial charge in [0.15, 0.2) is 0 Å². The number of hydrogen-bond acceptors (Lipinski definition) is 7. The van der Waals surface area contributed by atoms with Crippen LogP contribution in [0.3, 0.4) is 0 Å². The number of carbonyl (C=O) groups is 2. The largest absolute Gasteiger partial charge is 0.492 e. The molecule has 12 heteroatoms. The molecule has 1 fully saturated rings. The zero-order chi connectivity index (χ0) is 34.6. The topological polar surface area (TPSA) is 115 Å². The lowest BCUT2D eigenvalue weighted by Crippen LogP contribution is -2.49. The monoisotopic (exact) mass is 676 g/mol. The number of ether oxygens (including phenoxy) is 3. The van der Waals surface area contributed by atoms with Crippen LogP contribution in [0.5, 0.6) is 5.75 Å². The molecule has 4 aromatic rings. The molecule has 0 aromatic heterocycles. The number of anilines is 2. The number of para-hydroxylation sites is 1. The van der Waals surface area contributed by atoms with Crippen molar-refractivity contribution >= 4 is 23.4 Å². The first kappa shape index (κ1) is 35.4. The molecule has 0 radical (unpaired) electrons. The standard InChI is InChI=1S/C37H39F3N4O5/c38-27-12-9-25(10-13-27)19-26-11-14-28(39)20-35(26)44(36(45)21-41)34-8-4-7-33(40)32(34)16-15-31-22-43-29(23-48-31)24-49-37(46)42-17-18-47-30-5-2-1-3-6-30/h1-14,20,29,31,43H,15-19,21-24,41H2,(H,42,46)/t29-,31+/m0/s1. The zero-order valence-corrected chi connectivity index (χ0v) is 26.9. The summed E-state index contributed by atoms with van der Waals surface area (Å²) in [6.45, 7) is 0.980. The first-order valence-corrected chi connectivity index (χ1v) is 16.1. The highest BCUT2D eigenvalue weighted by Gasteiger charge is 2.27. The highest BCUT2D eigenvalue weighted by atomic mass is 19.1. The second-order valence-corrected chi connectivity index (χ2v) is 11.5. The minimum atomic E-state index is -0.583. The van der Waals surface area contributed by atoms with E-state index in [-0.39, 0.29) is 61.7 Å². The molecule has 2 atom stereocenters. The normalized spacial score (nSPS) is 15.8. The van der Waals surface area contributed by atoms with Crippen molar-refractivity contribution < 1.29 is 37.0 Å². The number of halogens is 3. The Kier molecular flexibility index (Phi) is 12.6. The van der Waals surface area contributed by atoms with E-state index >= 15 is 4.39 Å². The van der Waals surface area contributed by atoms with Gasteiger partial charge >= 0.3 is 6.09 Å². The van der Waals surface area contributed by atoms with Gasteiger partial charge in [0, 0.05) is 12.1 Å². The quantitative estimate of drug-likeness (QED) is 0.153. The van der Waals surface area contributed by atoms with Crippen molar-refractivity contribution in [3.8, 4) is 5.75 Å². The maximum atomic E-state index is 15.5. The van der Waals surface area contributed by atoms with E-state index in [1.807, 2.05) is 30.3 Å². The minimum Gasteiger partial charge on any atom is -0.492 e. The number of morpholine rings is 1. The fourth-order valence-electron chi connectivity index (χ4n) is 5.54. The lowest BCUT2D eigenvalue weighted by molar-refractivity contribution is -0.116. The molecule has 4 aromatic carbocycles. The molecule has 0 unspecified atom stereocenters. The van der Waals surface area contributed by atoms with Crippen LogP contribution in [0.4, 0.5) is 29.3 Å². The van der Waals surface area contributed by atoms with Gasteiger partial charge in [0.1, 0.15) is 36.4 Å². The van der Waals surface area contributed by atoms with Gasteiger partial charge < -0.3 is 30.6 Å². The molecular weight excluding hydrogens is 637 g/mol. The van der Waals surface area contributed by atoms with E-state index in [1.165, 1.54) is 41.3 Å². The van der Waals surface area contributed by atoms with Crippen molar-refractivity contribution in [1.82, 2.24) is 10.6 Å². The second kappa shape index (κ2) is 17.5. The maximum Gasteiger partial charge on any atom is 0.407 e. The Labute approximate surface area is 283 Å². The van der Waals surface area contributed by atoms with Crippen LogP contribution < -0.4 is 26.0 Å². The van der Waals surface area contributed by atoms with Crippen LogP contribution in [0.1, 0.15) is 23.1 Å². The fraction of sp³-hybridized carbons (Fsp3) is 0.297. The molecule has 49 heavy (non-hydrogen) atoms. The van der Waals surface area contributed by atoms with E-state index in [9.17, 15) is 18.4 Å². The summed E-state index contributed by atoms with van der Waals surface area (Å²) < 4.78 is 60.5. The van der Waals surface area contributed by atoms with E-state index in [0.717, 1.165) is 5.56 Å². The molecule has 1 heterocycles. The number of hydrogen-bond donors (Lipinski definition) is 3. The van der Waals surface area contributed by atoms with Gasteiger partial charge in [0.05, 0.1) is 43.2 Å². The second-order valence-electron chi connectivity index (χ2n) is 11.5. The van der Waals surface area contributed by atoms with Crippen molar-refractivity contribution in [2.24, 2.45) is 5.73 Å². The molecule has 1 aliphatic rings. The molecule has 0 spiro atoms. The Morgan fingerprint density at radius 1 is 0.939 bits per heavy atom. The summed E-state index contributed by atoms with van der Waals surface area (Å²) in [5.74, 6) is -1.34. The number of nitrogens with two attached hydrogens (primary N) is 1. The number of alkyl carbamates (subject to hydrolysis) is 1. The number of benzene rings is 4. The minimum absolute atomic E-state index is 0.0968. The maximum absolute atomic E-state index is 15.5. The number of nitrogens with zero attached hydrogens (tertiary/aromatic N) is 1. The van der Waals surface area contributed by atoms with Crippen LogP contribution in [0.2, 0.25) is 0 Å². The lowest BCUT2D eigenvalue weighted by atomic mass is 9.99. The molecule has 9 nitrogen and oxygen atoms in total. The predicted molar refractivity (Wildman–Crippen MR) is 179 cm³/mol. The van der Waals surface area contributed by atoms with Gasteiger partial charge in [-0.2, -0.15) is 0 Å². The van der Waals surface area contributed by atoms with Crippen LogP contribution in [0.25, 0.3) is 0 Å². The third kappa shape index (κ3) is 10.0. The van der Waals surface area contributed by atoms with Crippen molar-refractivity contribution in [3.05, 3.63) is 125 Å². The number of carbonyl (C=O) groups excluding carboxylic acids is 2. The van der Waals surface area contributed by atoms with Gasteiger partial charge in [-0.25, -0.2) is 18.0 Å². The summed E-state index contributed by atoms with van der Waals surface area (Å²) >= 11 is 0. The summed E-state index contributed by atoms with van der Waals surface area (Å²) in [6, 6.07) is 23.4. The molecule has 258 valence electrons. The van der Waals surface area contributed by atoms with Crippen LogP contribution in [-0.4, -0.2) is 63.6 Å². The van der Waals surface area contributed by atoms with Gasteiger partial charge in [0.25, 0.3) is 0 Å².